The van der Waals surface area contributed by atoms with Gasteiger partial charge in [0.25, 0.3) is 5.91 Å². The molecule has 0 aliphatic rings. The number of benzene rings is 1. The van der Waals surface area contributed by atoms with Gasteiger partial charge in [-0.3, -0.25) is 9.59 Å². The Morgan fingerprint density at radius 2 is 1.72 bits per heavy atom. The molecule has 0 aromatic heterocycles. The molecule has 4 heteroatoms. The highest BCUT2D eigenvalue weighted by Gasteiger charge is 2.10. The summed E-state index contributed by atoms with van der Waals surface area (Å²) in [4.78, 5) is 22.6. The molecule has 0 aliphatic heterocycles. The second-order valence-electron chi connectivity index (χ2n) is 4.10. The molecule has 0 aliphatic carbocycles. The summed E-state index contributed by atoms with van der Waals surface area (Å²) in [6.07, 6.45) is 1.82. The average molecular weight is 249 g/mol. The van der Waals surface area contributed by atoms with Crippen molar-refractivity contribution in [3.63, 3.8) is 0 Å². The van der Waals surface area contributed by atoms with E-state index in [0.29, 0.717) is 11.3 Å². The molecule has 98 valence electrons. The maximum atomic E-state index is 11.9. The Morgan fingerprint density at radius 3 is 2.17 bits per heavy atom. The minimum absolute atomic E-state index is 0.0990. The van der Waals surface area contributed by atoms with Crippen LogP contribution in [0.1, 0.15) is 44.0 Å². The number of ether oxygens (including phenoxy) is 1. The molecule has 0 unspecified atom stereocenters. The summed E-state index contributed by atoms with van der Waals surface area (Å²) in [5.74, 6) is -0.0242. The molecule has 0 radical (unpaired) electrons. The summed E-state index contributed by atoms with van der Waals surface area (Å²) in [7, 11) is 0. The summed E-state index contributed by atoms with van der Waals surface area (Å²) in [6.45, 7) is 5.42. The van der Waals surface area contributed by atoms with Crippen LogP contribution in [-0.4, -0.2) is 17.9 Å². The summed E-state index contributed by atoms with van der Waals surface area (Å²) in [5, 5.41) is 2.95. The zero-order valence-electron chi connectivity index (χ0n) is 11.0. The number of hydrogen-bond donors (Lipinski definition) is 1. The SMILES string of the molecule is CCC(CC)NC(=O)c1ccc(OC(C)=O)cc1. The van der Waals surface area contributed by atoms with E-state index in [1.807, 2.05) is 13.8 Å². The van der Waals surface area contributed by atoms with Gasteiger partial charge in [-0.15, -0.1) is 0 Å². The minimum Gasteiger partial charge on any atom is -0.427 e. The van der Waals surface area contributed by atoms with Gasteiger partial charge in [0.15, 0.2) is 0 Å². The largest absolute Gasteiger partial charge is 0.427 e. The van der Waals surface area contributed by atoms with Crippen molar-refractivity contribution in [2.45, 2.75) is 39.7 Å². The van der Waals surface area contributed by atoms with Crippen molar-refractivity contribution in [2.75, 3.05) is 0 Å². The Morgan fingerprint density at radius 1 is 1.17 bits per heavy atom. The molecule has 1 aromatic carbocycles. The maximum absolute atomic E-state index is 11.9. The fourth-order valence-corrected chi connectivity index (χ4v) is 1.60. The van der Waals surface area contributed by atoms with E-state index in [4.69, 9.17) is 4.74 Å². The van der Waals surface area contributed by atoms with Crippen LogP contribution in [0.5, 0.6) is 5.75 Å². The number of carbonyl (C=O) groups is 2. The number of carbonyl (C=O) groups excluding carboxylic acids is 2. The predicted molar refractivity (Wildman–Crippen MR) is 69.6 cm³/mol. The summed E-state index contributed by atoms with van der Waals surface area (Å²) in [6, 6.07) is 6.73. The third-order valence-electron chi connectivity index (χ3n) is 2.70. The Bertz CT molecular complexity index is 408. The van der Waals surface area contributed by atoms with Gasteiger partial charge in [-0.25, -0.2) is 0 Å². The molecule has 1 amide bonds. The normalized spacial score (nSPS) is 10.2. The highest BCUT2D eigenvalue weighted by molar-refractivity contribution is 5.94. The second-order valence-corrected chi connectivity index (χ2v) is 4.10. The number of nitrogens with one attached hydrogen (secondary N) is 1. The molecule has 1 aromatic rings. The van der Waals surface area contributed by atoms with E-state index in [1.54, 1.807) is 24.3 Å². The molecular formula is C14H19NO3. The van der Waals surface area contributed by atoms with Crippen LogP contribution in [0, 0.1) is 0 Å². The van der Waals surface area contributed by atoms with Crippen molar-refractivity contribution >= 4 is 11.9 Å². The van der Waals surface area contributed by atoms with E-state index in [1.165, 1.54) is 6.92 Å². The number of amides is 1. The molecule has 1 N–H and O–H groups in total. The molecule has 0 fully saturated rings. The van der Waals surface area contributed by atoms with Crippen LogP contribution in [0.15, 0.2) is 24.3 Å². The Hall–Kier alpha value is -1.84. The van der Waals surface area contributed by atoms with Crippen molar-refractivity contribution in [1.82, 2.24) is 5.32 Å². The zero-order valence-corrected chi connectivity index (χ0v) is 11.0. The Balaban J connectivity index is 2.67. The van der Waals surface area contributed by atoms with Crippen LogP contribution in [0.3, 0.4) is 0 Å². The number of esters is 1. The van der Waals surface area contributed by atoms with Crippen LogP contribution in [0.2, 0.25) is 0 Å². The van der Waals surface area contributed by atoms with Gasteiger partial charge in [-0.1, -0.05) is 13.8 Å². The standard InChI is InChI=1S/C14H19NO3/c1-4-12(5-2)15-14(17)11-6-8-13(9-7-11)18-10(3)16/h6-9,12H,4-5H2,1-3H3,(H,15,17). The van der Waals surface area contributed by atoms with Gasteiger partial charge in [-0.2, -0.15) is 0 Å². The van der Waals surface area contributed by atoms with E-state index in [-0.39, 0.29) is 17.9 Å². The third-order valence-corrected chi connectivity index (χ3v) is 2.70. The lowest BCUT2D eigenvalue weighted by molar-refractivity contribution is -0.131. The first-order chi connectivity index (χ1) is 8.56. The molecule has 0 spiro atoms. The van der Waals surface area contributed by atoms with Gasteiger partial charge in [0.1, 0.15) is 5.75 Å². The van der Waals surface area contributed by atoms with Crippen molar-refractivity contribution in [2.24, 2.45) is 0 Å². The molecule has 0 saturated carbocycles. The Labute approximate surface area is 107 Å². The lowest BCUT2D eigenvalue weighted by atomic mass is 10.1. The topological polar surface area (TPSA) is 55.4 Å². The highest BCUT2D eigenvalue weighted by atomic mass is 16.5. The molecular weight excluding hydrogens is 230 g/mol. The van der Waals surface area contributed by atoms with E-state index in [9.17, 15) is 9.59 Å². The first-order valence-corrected chi connectivity index (χ1v) is 6.16. The van der Waals surface area contributed by atoms with Crippen molar-refractivity contribution in [1.29, 1.82) is 0 Å². The molecule has 0 heterocycles. The average Bonchev–Trinajstić information content (AvgIpc) is 2.35. The molecule has 0 atom stereocenters. The Kier molecular flexibility index (Phi) is 5.36. The quantitative estimate of drug-likeness (QED) is 0.644. The number of rotatable bonds is 5. The fourth-order valence-electron chi connectivity index (χ4n) is 1.60. The van der Waals surface area contributed by atoms with E-state index >= 15 is 0 Å². The molecule has 1 rings (SSSR count). The van der Waals surface area contributed by atoms with Gasteiger partial charge >= 0.3 is 5.97 Å². The first-order valence-electron chi connectivity index (χ1n) is 6.16. The molecule has 4 nitrogen and oxygen atoms in total. The van der Waals surface area contributed by atoms with Crippen LogP contribution >= 0.6 is 0 Å². The van der Waals surface area contributed by atoms with Crippen LogP contribution < -0.4 is 10.1 Å². The van der Waals surface area contributed by atoms with Gasteiger partial charge in [0.05, 0.1) is 0 Å². The predicted octanol–water partition coefficient (Wildman–Crippen LogP) is 2.53. The van der Waals surface area contributed by atoms with Crippen molar-refractivity contribution < 1.29 is 14.3 Å². The summed E-state index contributed by atoms with van der Waals surface area (Å²) >= 11 is 0. The highest BCUT2D eigenvalue weighted by Crippen LogP contribution is 2.12. The van der Waals surface area contributed by atoms with Gasteiger partial charge in [0, 0.05) is 18.5 Å². The fraction of sp³-hybridized carbons (Fsp3) is 0.429. The second kappa shape index (κ2) is 6.79. The van der Waals surface area contributed by atoms with Gasteiger partial charge in [-0.05, 0) is 37.1 Å². The molecule has 18 heavy (non-hydrogen) atoms. The lowest BCUT2D eigenvalue weighted by Crippen LogP contribution is -2.33. The first kappa shape index (κ1) is 14.2. The lowest BCUT2D eigenvalue weighted by Gasteiger charge is -2.14. The summed E-state index contributed by atoms with van der Waals surface area (Å²) in [5.41, 5.74) is 0.567. The van der Waals surface area contributed by atoms with Crippen LogP contribution in [0.25, 0.3) is 0 Å². The summed E-state index contributed by atoms with van der Waals surface area (Å²) < 4.78 is 4.90. The van der Waals surface area contributed by atoms with Crippen molar-refractivity contribution in [3.05, 3.63) is 29.8 Å². The molecule has 0 saturated heterocycles. The van der Waals surface area contributed by atoms with E-state index in [2.05, 4.69) is 5.32 Å². The van der Waals surface area contributed by atoms with Crippen molar-refractivity contribution in [3.8, 4) is 5.75 Å². The van der Waals surface area contributed by atoms with Gasteiger partial charge in [0.2, 0.25) is 0 Å². The molecule has 0 bridgehead atoms. The van der Waals surface area contributed by atoms with E-state index in [0.717, 1.165) is 12.8 Å². The van der Waals surface area contributed by atoms with E-state index < -0.39 is 0 Å². The van der Waals surface area contributed by atoms with Gasteiger partial charge < -0.3 is 10.1 Å². The zero-order chi connectivity index (χ0) is 13.5. The minimum atomic E-state index is -0.371. The number of hydrogen-bond acceptors (Lipinski definition) is 3. The smallest absolute Gasteiger partial charge is 0.308 e. The monoisotopic (exact) mass is 249 g/mol. The van der Waals surface area contributed by atoms with Crippen LogP contribution in [0.4, 0.5) is 0 Å². The van der Waals surface area contributed by atoms with Crippen LogP contribution in [-0.2, 0) is 4.79 Å². The maximum Gasteiger partial charge on any atom is 0.308 e. The third kappa shape index (κ3) is 4.20.